The minimum atomic E-state index is -0.942. The van der Waals surface area contributed by atoms with Gasteiger partial charge in [0.25, 0.3) is 5.91 Å². The van der Waals surface area contributed by atoms with Gasteiger partial charge in [-0.05, 0) is 19.9 Å². The number of carbonyl (C=O) groups is 2. The van der Waals surface area contributed by atoms with E-state index in [9.17, 15) is 9.59 Å². The van der Waals surface area contributed by atoms with Gasteiger partial charge in [0.15, 0.2) is 0 Å². The first kappa shape index (κ1) is 15.3. The molecular weight excluding hydrogens is 297 g/mol. The van der Waals surface area contributed by atoms with Crippen LogP contribution in [0, 0.1) is 0 Å². The second-order valence-corrected chi connectivity index (χ2v) is 6.26. The third-order valence-electron chi connectivity index (χ3n) is 2.34. The fraction of sp³-hybridized carbons (Fsp3) is 0.455. The van der Waals surface area contributed by atoms with E-state index >= 15 is 0 Å². The largest absolute Gasteiger partial charge is 0.481 e. The molecule has 100 valence electrons. The van der Waals surface area contributed by atoms with E-state index in [2.05, 4.69) is 0 Å². The number of carboxylic acid groups (broad SMARTS) is 1. The van der Waals surface area contributed by atoms with E-state index < -0.39 is 5.97 Å². The molecule has 0 spiro atoms. The summed E-state index contributed by atoms with van der Waals surface area (Å²) in [5, 5.41) is 8.67. The van der Waals surface area contributed by atoms with Gasteiger partial charge in [0.05, 0.1) is 16.3 Å². The summed E-state index contributed by atoms with van der Waals surface area (Å²) in [5.74, 6) is -1.23. The van der Waals surface area contributed by atoms with Crippen LogP contribution in [0.4, 0.5) is 0 Å². The first-order chi connectivity index (χ1) is 8.32. The smallest absolute Gasteiger partial charge is 0.305 e. The van der Waals surface area contributed by atoms with E-state index in [-0.39, 0.29) is 24.9 Å². The summed E-state index contributed by atoms with van der Waals surface area (Å²) in [6.07, 6.45) is -0.0978. The molecule has 1 amide bonds. The van der Waals surface area contributed by atoms with Crippen LogP contribution < -0.4 is 0 Å². The van der Waals surface area contributed by atoms with E-state index in [1.165, 1.54) is 11.0 Å². The molecule has 1 N–H and O–H groups in total. The molecule has 0 aliphatic heterocycles. The molecule has 0 unspecified atom stereocenters. The van der Waals surface area contributed by atoms with Crippen molar-refractivity contribution in [3.63, 3.8) is 0 Å². The Kier molecular flexibility index (Phi) is 5.44. The van der Waals surface area contributed by atoms with Crippen molar-refractivity contribution in [2.45, 2.75) is 26.3 Å². The van der Waals surface area contributed by atoms with Gasteiger partial charge in [0, 0.05) is 12.6 Å². The number of carbonyl (C=O) groups excluding carboxylic acids is 1. The molecule has 0 saturated carbocycles. The van der Waals surface area contributed by atoms with Crippen molar-refractivity contribution in [1.29, 1.82) is 0 Å². The van der Waals surface area contributed by atoms with Gasteiger partial charge < -0.3 is 10.0 Å². The SMILES string of the molecule is CC(C)N(CCC(=O)O)C(=O)c1cc(Cl)sc1Cl. The molecule has 0 fully saturated rings. The number of amides is 1. The Bertz CT molecular complexity index is 459. The summed E-state index contributed by atoms with van der Waals surface area (Å²) in [6.45, 7) is 3.79. The number of halogens is 2. The van der Waals surface area contributed by atoms with E-state index in [1.54, 1.807) is 0 Å². The minimum absolute atomic E-state index is 0.0978. The van der Waals surface area contributed by atoms with Crippen LogP contribution >= 0.6 is 34.5 Å². The molecule has 18 heavy (non-hydrogen) atoms. The van der Waals surface area contributed by atoms with Crippen LogP contribution in [0.2, 0.25) is 8.67 Å². The summed E-state index contributed by atoms with van der Waals surface area (Å²) in [7, 11) is 0. The van der Waals surface area contributed by atoms with Gasteiger partial charge in [-0.15, -0.1) is 11.3 Å². The van der Waals surface area contributed by atoms with Gasteiger partial charge in [-0.25, -0.2) is 0 Å². The lowest BCUT2D eigenvalue weighted by Crippen LogP contribution is -2.38. The molecule has 1 heterocycles. The Morgan fingerprint density at radius 3 is 2.44 bits per heavy atom. The van der Waals surface area contributed by atoms with E-state index in [4.69, 9.17) is 28.3 Å². The molecule has 0 bridgehead atoms. The predicted octanol–water partition coefficient (Wildman–Crippen LogP) is 3.38. The number of rotatable bonds is 5. The Morgan fingerprint density at radius 1 is 1.44 bits per heavy atom. The zero-order valence-electron chi connectivity index (χ0n) is 9.94. The standard InChI is InChI=1S/C11H13Cl2NO3S/c1-6(2)14(4-3-9(15)16)11(17)7-5-8(12)18-10(7)13/h5-6H,3-4H2,1-2H3,(H,15,16). The normalized spacial score (nSPS) is 10.7. The van der Waals surface area contributed by atoms with Crippen molar-refractivity contribution in [3.8, 4) is 0 Å². The molecule has 1 aromatic rings. The molecule has 7 heteroatoms. The Morgan fingerprint density at radius 2 is 2.06 bits per heavy atom. The predicted molar refractivity (Wildman–Crippen MR) is 72.8 cm³/mol. The van der Waals surface area contributed by atoms with Crippen molar-refractivity contribution in [3.05, 3.63) is 20.3 Å². The monoisotopic (exact) mass is 309 g/mol. The average Bonchev–Trinajstić information content (AvgIpc) is 2.56. The number of nitrogens with zero attached hydrogens (tertiary/aromatic N) is 1. The maximum atomic E-state index is 12.2. The van der Waals surface area contributed by atoms with Crippen LogP contribution in [0.3, 0.4) is 0 Å². The molecule has 0 radical (unpaired) electrons. The topological polar surface area (TPSA) is 57.6 Å². The number of aliphatic carboxylic acids is 1. The Hall–Kier alpha value is -0.780. The fourth-order valence-electron chi connectivity index (χ4n) is 1.45. The highest BCUT2D eigenvalue weighted by Gasteiger charge is 2.23. The molecule has 0 aliphatic rings. The van der Waals surface area contributed by atoms with Crippen LogP contribution in [-0.2, 0) is 4.79 Å². The van der Waals surface area contributed by atoms with E-state index in [0.717, 1.165) is 11.3 Å². The second kappa shape index (κ2) is 6.41. The first-order valence-corrected chi connectivity index (χ1v) is 6.87. The first-order valence-electron chi connectivity index (χ1n) is 5.30. The maximum absolute atomic E-state index is 12.2. The quantitative estimate of drug-likeness (QED) is 0.907. The number of carboxylic acids is 1. The molecule has 0 atom stereocenters. The van der Waals surface area contributed by atoms with Crippen LogP contribution in [-0.4, -0.2) is 34.5 Å². The van der Waals surface area contributed by atoms with E-state index in [1.807, 2.05) is 13.8 Å². The highest BCUT2D eigenvalue weighted by molar-refractivity contribution is 7.20. The third kappa shape index (κ3) is 3.86. The fourth-order valence-corrected chi connectivity index (χ4v) is 2.90. The zero-order chi connectivity index (χ0) is 13.9. The van der Waals surface area contributed by atoms with Gasteiger partial charge in [-0.3, -0.25) is 9.59 Å². The lowest BCUT2D eigenvalue weighted by Gasteiger charge is -2.25. The minimum Gasteiger partial charge on any atom is -0.481 e. The van der Waals surface area contributed by atoms with Crippen LogP contribution in [0.15, 0.2) is 6.07 Å². The summed E-state index contributed by atoms with van der Waals surface area (Å²) in [4.78, 5) is 24.3. The van der Waals surface area contributed by atoms with Gasteiger partial charge in [-0.2, -0.15) is 0 Å². The molecule has 0 saturated heterocycles. The van der Waals surface area contributed by atoms with Crippen LogP contribution in [0.25, 0.3) is 0 Å². The number of hydrogen-bond acceptors (Lipinski definition) is 3. The van der Waals surface area contributed by atoms with Crippen molar-refractivity contribution < 1.29 is 14.7 Å². The molecule has 1 rings (SSSR count). The highest BCUT2D eigenvalue weighted by atomic mass is 35.5. The molecule has 0 aliphatic carbocycles. The summed E-state index contributed by atoms with van der Waals surface area (Å²) >= 11 is 12.8. The molecular formula is C11H13Cl2NO3S. The average molecular weight is 310 g/mol. The molecule has 0 aromatic carbocycles. The molecule has 4 nitrogen and oxygen atoms in total. The van der Waals surface area contributed by atoms with Crippen molar-refractivity contribution in [2.24, 2.45) is 0 Å². The molecule has 1 aromatic heterocycles. The number of hydrogen-bond donors (Lipinski definition) is 1. The second-order valence-electron chi connectivity index (χ2n) is 3.97. The van der Waals surface area contributed by atoms with Gasteiger partial charge >= 0.3 is 5.97 Å². The lowest BCUT2D eigenvalue weighted by atomic mass is 10.2. The van der Waals surface area contributed by atoms with Crippen molar-refractivity contribution in [2.75, 3.05) is 6.54 Å². The van der Waals surface area contributed by atoms with Crippen molar-refractivity contribution in [1.82, 2.24) is 4.90 Å². The van der Waals surface area contributed by atoms with Gasteiger partial charge in [0.2, 0.25) is 0 Å². The Labute approximate surface area is 119 Å². The maximum Gasteiger partial charge on any atom is 0.305 e. The van der Waals surface area contributed by atoms with Crippen LogP contribution in [0.5, 0.6) is 0 Å². The summed E-state index contributed by atoms with van der Waals surface area (Å²) < 4.78 is 0.760. The van der Waals surface area contributed by atoms with Gasteiger partial charge in [-0.1, -0.05) is 23.2 Å². The third-order valence-corrected chi connectivity index (χ3v) is 3.83. The van der Waals surface area contributed by atoms with Crippen molar-refractivity contribution >= 4 is 46.4 Å². The number of thiophene rings is 1. The Balaban J connectivity index is 2.89. The summed E-state index contributed by atoms with van der Waals surface area (Å²) in [6, 6.07) is 1.40. The van der Waals surface area contributed by atoms with E-state index in [0.29, 0.717) is 14.2 Å². The summed E-state index contributed by atoms with van der Waals surface area (Å²) in [5.41, 5.74) is 0.325. The lowest BCUT2D eigenvalue weighted by molar-refractivity contribution is -0.137. The van der Waals surface area contributed by atoms with Crippen LogP contribution in [0.1, 0.15) is 30.6 Å². The highest BCUT2D eigenvalue weighted by Crippen LogP contribution is 2.32. The zero-order valence-corrected chi connectivity index (χ0v) is 12.3. The van der Waals surface area contributed by atoms with Gasteiger partial charge in [0.1, 0.15) is 4.34 Å².